The second kappa shape index (κ2) is 6.39. The Morgan fingerprint density at radius 2 is 1.92 bits per heavy atom. The van der Waals surface area contributed by atoms with Crippen molar-refractivity contribution in [2.75, 3.05) is 18.0 Å². The Hall–Kier alpha value is -2.76. The van der Waals surface area contributed by atoms with E-state index in [0.29, 0.717) is 5.69 Å². The van der Waals surface area contributed by atoms with Gasteiger partial charge in [0.2, 0.25) is 0 Å². The van der Waals surface area contributed by atoms with Crippen LogP contribution < -0.4 is 4.90 Å². The molecule has 1 aromatic carbocycles. The summed E-state index contributed by atoms with van der Waals surface area (Å²) in [6.07, 6.45) is 8.83. The summed E-state index contributed by atoms with van der Waals surface area (Å²) in [7, 11) is 0. The van der Waals surface area contributed by atoms with E-state index >= 15 is 0 Å². The van der Waals surface area contributed by atoms with Gasteiger partial charge in [-0.1, -0.05) is 5.21 Å². The summed E-state index contributed by atoms with van der Waals surface area (Å²) in [4.78, 5) is 6.40. The Morgan fingerprint density at radius 1 is 1.04 bits per heavy atom. The number of benzene rings is 1. The maximum absolute atomic E-state index is 13.8. The lowest BCUT2D eigenvalue weighted by Gasteiger charge is -2.30. The molecule has 24 heavy (non-hydrogen) atoms. The number of nitrogens with zero attached hydrogens (tertiary/aromatic N) is 5. The van der Waals surface area contributed by atoms with Crippen molar-refractivity contribution >= 4 is 5.69 Å². The molecule has 3 aromatic rings. The van der Waals surface area contributed by atoms with Crippen LogP contribution in [0.15, 0.2) is 48.9 Å². The first kappa shape index (κ1) is 14.8. The molecule has 2 aromatic heterocycles. The molecule has 4 rings (SSSR count). The standard InChI is InChI=1S/C18H18FN5/c19-14-6-7-18(23-9-2-1-3-10-23)16(11-14)17-13-24(22-21-17)15-5-4-8-20-12-15/h4-8,11-13H,1-3,9-10H2. The van der Waals surface area contributed by atoms with E-state index in [1.165, 1.54) is 25.3 Å². The van der Waals surface area contributed by atoms with Crippen LogP contribution in [0.4, 0.5) is 10.1 Å². The van der Waals surface area contributed by atoms with Gasteiger partial charge >= 0.3 is 0 Å². The van der Waals surface area contributed by atoms with Crippen molar-refractivity contribution in [1.82, 2.24) is 20.0 Å². The Bertz CT molecular complexity index is 824. The Kier molecular flexibility index (Phi) is 3.94. The van der Waals surface area contributed by atoms with Gasteiger partial charge in [0.1, 0.15) is 11.5 Å². The highest BCUT2D eigenvalue weighted by Gasteiger charge is 2.18. The Morgan fingerprint density at radius 3 is 2.71 bits per heavy atom. The number of aromatic nitrogens is 4. The van der Waals surface area contributed by atoms with E-state index in [1.54, 1.807) is 23.1 Å². The maximum Gasteiger partial charge on any atom is 0.124 e. The lowest BCUT2D eigenvalue weighted by Crippen LogP contribution is -2.29. The van der Waals surface area contributed by atoms with E-state index in [1.807, 2.05) is 24.4 Å². The molecule has 0 N–H and O–H groups in total. The van der Waals surface area contributed by atoms with Gasteiger partial charge in [0.05, 0.1) is 18.1 Å². The predicted molar refractivity (Wildman–Crippen MR) is 90.6 cm³/mol. The minimum absolute atomic E-state index is 0.262. The lowest BCUT2D eigenvalue weighted by atomic mass is 10.1. The molecule has 0 spiro atoms. The largest absolute Gasteiger partial charge is 0.371 e. The summed E-state index contributed by atoms with van der Waals surface area (Å²) in [5, 5.41) is 8.42. The Labute approximate surface area is 139 Å². The second-order valence-electron chi connectivity index (χ2n) is 5.97. The molecule has 0 radical (unpaired) electrons. The second-order valence-corrected chi connectivity index (χ2v) is 5.97. The molecule has 1 aliphatic heterocycles. The van der Waals surface area contributed by atoms with Gasteiger partial charge in [-0.2, -0.15) is 0 Å². The normalized spacial score (nSPS) is 14.8. The molecule has 1 fully saturated rings. The molecular formula is C18H18FN5. The van der Waals surface area contributed by atoms with Crippen molar-refractivity contribution in [2.24, 2.45) is 0 Å². The first-order valence-electron chi connectivity index (χ1n) is 8.19. The van der Waals surface area contributed by atoms with E-state index < -0.39 is 0 Å². The molecule has 0 amide bonds. The summed E-state index contributed by atoms with van der Waals surface area (Å²) in [5.41, 5.74) is 3.30. The van der Waals surface area contributed by atoms with Gasteiger partial charge in [-0.15, -0.1) is 5.10 Å². The van der Waals surface area contributed by atoms with Gasteiger partial charge in [0, 0.05) is 30.5 Å². The van der Waals surface area contributed by atoms with Gasteiger partial charge in [-0.25, -0.2) is 9.07 Å². The average molecular weight is 323 g/mol. The summed E-state index contributed by atoms with van der Waals surface area (Å²) >= 11 is 0. The topological polar surface area (TPSA) is 46.8 Å². The lowest BCUT2D eigenvalue weighted by molar-refractivity contribution is 0.577. The van der Waals surface area contributed by atoms with Crippen molar-refractivity contribution in [1.29, 1.82) is 0 Å². The summed E-state index contributed by atoms with van der Waals surface area (Å²) in [6.45, 7) is 1.99. The van der Waals surface area contributed by atoms with E-state index in [2.05, 4.69) is 20.2 Å². The number of halogens is 1. The zero-order valence-corrected chi connectivity index (χ0v) is 13.3. The van der Waals surface area contributed by atoms with Gasteiger partial charge in [-0.05, 0) is 49.6 Å². The highest BCUT2D eigenvalue weighted by atomic mass is 19.1. The van der Waals surface area contributed by atoms with Gasteiger partial charge in [0.25, 0.3) is 0 Å². The predicted octanol–water partition coefficient (Wildman–Crippen LogP) is 3.46. The third-order valence-corrected chi connectivity index (χ3v) is 4.34. The quantitative estimate of drug-likeness (QED) is 0.740. The van der Waals surface area contributed by atoms with Gasteiger partial charge < -0.3 is 4.90 Å². The van der Waals surface area contributed by atoms with Crippen LogP contribution >= 0.6 is 0 Å². The number of anilines is 1. The van der Waals surface area contributed by atoms with Gasteiger partial charge in [0.15, 0.2) is 0 Å². The summed E-state index contributed by atoms with van der Waals surface area (Å²) in [6, 6.07) is 8.65. The number of piperidine rings is 1. The number of pyridine rings is 1. The minimum Gasteiger partial charge on any atom is -0.371 e. The zero-order chi connectivity index (χ0) is 16.4. The van der Waals surface area contributed by atoms with Crippen LogP contribution in [0.25, 0.3) is 16.9 Å². The smallest absolute Gasteiger partial charge is 0.124 e. The van der Waals surface area contributed by atoms with Crippen LogP contribution in [0.1, 0.15) is 19.3 Å². The van der Waals surface area contributed by atoms with Crippen molar-refractivity contribution in [3.8, 4) is 16.9 Å². The van der Waals surface area contributed by atoms with Crippen LogP contribution in [0.5, 0.6) is 0 Å². The van der Waals surface area contributed by atoms with Crippen LogP contribution in [0.3, 0.4) is 0 Å². The molecule has 3 heterocycles. The van der Waals surface area contributed by atoms with Crippen LogP contribution in [-0.2, 0) is 0 Å². The molecule has 5 nitrogen and oxygen atoms in total. The molecule has 0 aliphatic carbocycles. The number of rotatable bonds is 3. The van der Waals surface area contributed by atoms with Crippen molar-refractivity contribution < 1.29 is 4.39 Å². The third kappa shape index (κ3) is 2.87. The maximum atomic E-state index is 13.8. The molecule has 0 unspecified atom stereocenters. The molecule has 1 saturated heterocycles. The molecule has 0 bridgehead atoms. The Balaban J connectivity index is 1.73. The summed E-state index contributed by atoms with van der Waals surface area (Å²) < 4.78 is 15.5. The monoisotopic (exact) mass is 323 g/mol. The van der Waals surface area contributed by atoms with Crippen LogP contribution in [0.2, 0.25) is 0 Å². The van der Waals surface area contributed by atoms with Crippen LogP contribution in [-0.4, -0.2) is 33.1 Å². The van der Waals surface area contributed by atoms with E-state index in [-0.39, 0.29) is 5.82 Å². The van der Waals surface area contributed by atoms with E-state index in [4.69, 9.17) is 0 Å². The van der Waals surface area contributed by atoms with E-state index in [9.17, 15) is 4.39 Å². The minimum atomic E-state index is -0.262. The first-order chi connectivity index (χ1) is 11.8. The molecule has 6 heteroatoms. The van der Waals surface area contributed by atoms with Gasteiger partial charge in [-0.3, -0.25) is 4.98 Å². The van der Waals surface area contributed by atoms with Crippen molar-refractivity contribution in [3.63, 3.8) is 0 Å². The van der Waals surface area contributed by atoms with E-state index in [0.717, 1.165) is 30.0 Å². The molecule has 122 valence electrons. The zero-order valence-electron chi connectivity index (χ0n) is 13.3. The summed E-state index contributed by atoms with van der Waals surface area (Å²) in [5.74, 6) is -0.262. The highest BCUT2D eigenvalue weighted by Crippen LogP contribution is 2.32. The number of hydrogen-bond acceptors (Lipinski definition) is 4. The highest BCUT2D eigenvalue weighted by molar-refractivity contribution is 5.76. The first-order valence-corrected chi connectivity index (χ1v) is 8.19. The fourth-order valence-corrected chi connectivity index (χ4v) is 3.13. The number of hydrogen-bond donors (Lipinski definition) is 0. The molecule has 0 saturated carbocycles. The molecular weight excluding hydrogens is 305 g/mol. The van der Waals surface area contributed by atoms with Crippen LogP contribution in [0, 0.1) is 5.82 Å². The molecule has 0 atom stereocenters. The SMILES string of the molecule is Fc1ccc(N2CCCCC2)c(-c2cn(-c3cccnc3)nn2)c1. The average Bonchev–Trinajstić information content (AvgIpc) is 3.13. The van der Waals surface area contributed by atoms with Crippen molar-refractivity contribution in [3.05, 3.63) is 54.7 Å². The molecule has 1 aliphatic rings. The third-order valence-electron chi connectivity index (χ3n) is 4.34. The fraction of sp³-hybridized carbons (Fsp3) is 0.278. The van der Waals surface area contributed by atoms with Crippen molar-refractivity contribution in [2.45, 2.75) is 19.3 Å². The fourth-order valence-electron chi connectivity index (χ4n) is 3.13.